The van der Waals surface area contributed by atoms with Crippen LogP contribution in [0.4, 0.5) is 34.6 Å². The van der Waals surface area contributed by atoms with E-state index >= 15 is 0 Å². The minimum absolute atomic E-state index is 2.23. The van der Waals surface area contributed by atoms with Crippen molar-refractivity contribution in [1.82, 2.24) is 0 Å². The Labute approximate surface area is 82.7 Å². The quantitative estimate of drug-likeness (QED) is 0.443. The van der Waals surface area contributed by atoms with E-state index in [1.807, 2.05) is 0 Å². The van der Waals surface area contributed by atoms with Crippen molar-refractivity contribution in [1.29, 1.82) is 0 Å². The van der Waals surface area contributed by atoms with E-state index in [9.17, 15) is 43.0 Å². The van der Waals surface area contributed by atoms with Crippen molar-refractivity contribution in [2.24, 2.45) is 0 Å². The summed E-state index contributed by atoms with van der Waals surface area (Å²) in [6.07, 6.45) is -12.6. The molecule has 0 saturated heterocycles. The first kappa shape index (κ1) is 14.9. The Kier molecular flexibility index (Phi) is 3.79. The van der Waals surface area contributed by atoms with Crippen molar-refractivity contribution in [3.8, 4) is 0 Å². The lowest BCUT2D eigenvalue weighted by Crippen LogP contribution is -2.28. The highest BCUT2D eigenvalue weighted by Gasteiger charge is 2.55. The molecule has 0 spiro atoms. The summed E-state index contributed by atoms with van der Waals surface area (Å²) in [6, 6.07) is -3.64. The number of allylic oxidation sites excluding steroid dienone is 1. The average molecular weight is 280 g/mol. The molecule has 0 aliphatic carbocycles. The molecule has 0 aromatic rings. The standard InChI is InChI=1S/C4F8O3S/c5-2(15-16(12,13)14)1(3(6,7)8)4(9,10)11. The van der Waals surface area contributed by atoms with Crippen molar-refractivity contribution in [3.63, 3.8) is 0 Å². The second-order valence-corrected chi connectivity index (χ2v) is 3.07. The van der Waals surface area contributed by atoms with Crippen molar-refractivity contribution >= 4 is 10.5 Å². The molecule has 0 aliphatic rings. The zero-order valence-electron chi connectivity index (χ0n) is 6.66. The van der Waals surface area contributed by atoms with Gasteiger partial charge in [-0.05, 0) is 0 Å². The lowest BCUT2D eigenvalue weighted by Gasteiger charge is -2.14. The van der Waals surface area contributed by atoms with E-state index in [1.165, 1.54) is 0 Å². The molecule has 96 valence electrons. The summed E-state index contributed by atoms with van der Waals surface area (Å²) in [5.41, 5.74) is -3.89. The summed E-state index contributed by atoms with van der Waals surface area (Å²) < 4.78 is 115. The Morgan fingerprint density at radius 1 is 0.938 bits per heavy atom. The van der Waals surface area contributed by atoms with Crippen LogP contribution in [-0.4, -0.2) is 20.8 Å². The van der Waals surface area contributed by atoms with Crippen LogP contribution < -0.4 is 0 Å². The fourth-order valence-corrected chi connectivity index (χ4v) is 0.771. The maximum absolute atomic E-state index is 12.2. The van der Waals surface area contributed by atoms with Gasteiger partial charge in [-0.25, -0.2) is 0 Å². The van der Waals surface area contributed by atoms with Gasteiger partial charge in [-0.1, -0.05) is 3.89 Å². The van der Waals surface area contributed by atoms with Crippen LogP contribution in [0.5, 0.6) is 0 Å². The van der Waals surface area contributed by atoms with Crippen LogP contribution in [0.25, 0.3) is 0 Å². The Bertz CT molecular complexity index is 370. The average Bonchev–Trinajstić information content (AvgIpc) is 1.70. The van der Waals surface area contributed by atoms with Crippen LogP contribution in [0.1, 0.15) is 0 Å². The SMILES string of the molecule is O=S(=O)(F)OC(F)=C(C(F)(F)F)C(F)(F)F. The largest absolute Gasteiger partial charge is 0.490 e. The molecule has 0 atom stereocenters. The lowest BCUT2D eigenvalue weighted by molar-refractivity contribution is -0.177. The smallest absolute Gasteiger partial charge is 0.328 e. The van der Waals surface area contributed by atoms with Crippen LogP contribution in [0, 0.1) is 0 Å². The van der Waals surface area contributed by atoms with Crippen LogP contribution in [-0.2, 0) is 14.7 Å². The van der Waals surface area contributed by atoms with Crippen LogP contribution in [0.2, 0.25) is 0 Å². The second-order valence-electron chi connectivity index (χ2n) is 2.12. The predicted octanol–water partition coefficient (Wildman–Crippen LogP) is 2.52. The van der Waals surface area contributed by atoms with Gasteiger partial charge < -0.3 is 4.18 Å². The van der Waals surface area contributed by atoms with Crippen LogP contribution >= 0.6 is 0 Å². The number of hydrogen-bond donors (Lipinski definition) is 0. The van der Waals surface area contributed by atoms with E-state index in [2.05, 4.69) is 4.18 Å². The maximum atomic E-state index is 12.2. The van der Waals surface area contributed by atoms with Gasteiger partial charge in [0.15, 0.2) is 0 Å². The molecule has 0 unspecified atom stereocenters. The van der Waals surface area contributed by atoms with Gasteiger partial charge >= 0.3 is 28.9 Å². The van der Waals surface area contributed by atoms with Gasteiger partial charge in [-0.3, -0.25) is 0 Å². The normalized spacial score (nSPS) is 13.5. The van der Waals surface area contributed by atoms with Gasteiger partial charge in [0.2, 0.25) is 5.57 Å². The molecular weight excluding hydrogens is 280 g/mol. The Morgan fingerprint density at radius 2 is 1.25 bits per heavy atom. The maximum Gasteiger partial charge on any atom is 0.490 e. The minimum atomic E-state index is -6.32. The third-order valence-corrected chi connectivity index (χ3v) is 1.28. The monoisotopic (exact) mass is 280 g/mol. The van der Waals surface area contributed by atoms with E-state index in [0.717, 1.165) is 0 Å². The number of halogens is 8. The summed E-state index contributed by atoms with van der Waals surface area (Å²) in [6.45, 7) is 0. The topological polar surface area (TPSA) is 43.4 Å². The molecule has 0 amide bonds. The molecule has 16 heavy (non-hydrogen) atoms. The Hall–Kier alpha value is -1.07. The number of hydrogen-bond acceptors (Lipinski definition) is 3. The summed E-state index contributed by atoms with van der Waals surface area (Å²) >= 11 is 0. The minimum Gasteiger partial charge on any atom is -0.328 e. The lowest BCUT2D eigenvalue weighted by atomic mass is 10.3. The molecule has 0 saturated carbocycles. The van der Waals surface area contributed by atoms with E-state index in [-0.39, 0.29) is 0 Å². The fraction of sp³-hybridized carbons (Fsp3) is 0.500. The second kappa shape index (κ2) is 4.07. The van der Waals surface area contributed by atoms with Crippen molar-refractivity contribution in [2.75, 3.05) is 0 Å². The van der Waals surface area contributed by atoms with Gasteiger partial charge in [0.25, 0.3) is 0 Å². The molecule has 12 heteroatoms. The van der Waals surface area contributed by atoms with Crippen molar-refractivity contribution in [2.45, 2.75) is 12.4 Å². The van der Waals surface area contributed by atoms with Crippen LogP contribution in [0.15, 0.2) is 11.6 Å². The molecule has 0 bridgehead atoms. The Morgan fingerprint density at radius 3 is 1.44 bits per heavy atom. The molecule has 0 rings (SSSR count). The van der Waals surface area contributed by atoms with E-state index in [4.69, 9.17) is 0 Å². The molecule has 0 aromatic carbocycles. The predicted molar refractivity (Wildman–Crippen MR) is 31.4 cm³/mol. The third kappa shape index (κ3) is 4.63. The molecule has 0 aromatic heterocycles. The molecular formula is C4F8O3S. The molecule has 0 fully saturated rings. The molecule has 0 heterocycles. The summed E-state index contributed by atoms with van der Waals surface area (Å²) in [7, 11) is -6.32. The van der Waals surface area contributed by atoms with Gasteiger partial charge in [0.05, 0.1) is 0 Å². The molecule has 3 nitrogen and oxygen atoms in total. The zero-order chi connectivity index (χ0) is 13.4. The van der Waals surface area contributed by atoms with E-state index < -0.39 is 34.4 Å². The highest BCUT2D eigenvalue weighted by atomic mass is 32.3. The van der Waals surface area contributed by atoms with Gasteiger partial charge in [-0.2, -0.15) is 39.2 Å². The van der Waals surface area contributed by atoms with Crippen LogP contribution in [0.3, 0.4) is 0 Å². The van der Waals surface area contributed by atoms with E-state index in [1.54, 1.807) is 0 Å². The van der Waals surface area contributed by atoms with Gasteiger partial charge in [-0.15, -0.1) is 0 Å². The molecule has 0 aliphatic heterocycles. The third-order valence-electron chi connectivity index (χ3n) is 0.936. The fourth-order valence-electron chi connectivity index (χ4n) is 0.513. The van der Waals surface area contributed by atoms with Gasteiger partial charge in [0.1, 0.15) is 0 Å². The first-order valence-electron chi connectivity index (χ1n) is 2.93. The first-order chi connectivity index (χ1) is 6.75. The highest BCUT2D eigenvalue weighted by molar-refractivity contribution is 7.81. The zero-order valence-corrected chi connectivity index (χ0v) is 7.47. The van der Waals surface area contributed by atoms with Crippen molar-refractivity contribution in [3.05, 3.63) is 11.6 Å². The number of rotatable bonds is 2. The highest BCUT2D eigenvalue weighted by Crippen LogP contribution is 2.41. The van der Waals surface area contributed by atoms with E-state index in [0.29, 0.717) is 0 Å². The molecule has 0 radical (unpaired) electrons. The summed E-state index contributed by atoms with van der Waals surface area (Å²) in [5, 5.41) is 0. The molecule has 0 N–H and O–H groups in total. The number of alkyl halides is 6. The summed E-state index contributed by atoms with van der Waals surface area (Å²) in [5.74, 6) is 0. The Balaban J connectivity index is 5.60. The van der Waals surface area contributed by atoms with Crippen molar-refractivity contribution < 1.29 is 47.2 Å². The summed E-state index contributed by atoms with van der Waals surface area (Å²) in [4.78, 5) is 0. The first-order valence-corrected chi connectivity index (χ1v) is 4.24. The van der Waals surface area contributed by atoms with Gasteiger partial charge in [0, 0.05) is 0 Å².